The molecule has 0 fully saturated rings. The molecule has 26 heavy (non-hydrogen) atoms. The lowest BCUT2D eigenvalue weighted by molar-refractivity contribution is -0.138. The van der Waals surface area contributed by atoms with Gasteiger partial charge in [-0.2, -0.15) is 0 Å². The number of carbonyl (C=O) groups is 2. The van der Waals surface area contributed by atoms with Crippen LogP contribution in [0.1, 0.15) is 60.8 Å². The molecule has 0 unspecified atom stereocenters. The lowest BCUT2D eigenvalue weighted by Gasteiger charge is -2.19. The van der Waals surface area contributed by atoms with Crippen molar-refractivity contribution in [3.8, 4) is 0 Å². The van der Waals surface area contributed by atoms with Crippen molar-refractivity contribution in [2.45, 2.75) is 66.3 Å². The van der Waals surface area contributed by atoms with Crippen molar-refractivity contribution < 1.29 is 19.4 Å². The maximum absolute atomic E-state index is 10.9. The Labute approximate surface area is 159 Å². The number of nitrogens with one attached hydrogen (secondary N) is 2. The maximum Gasteiger partial charge on any atom is 0.333 e. The van der Waals surface area contributed by atoms with E-state index in [0.29, 0.717) is 17.8 Å². The first-order valence-corrected chi connectivity index (χ1v) is 9.19. The molecule has 0 aliphatic carbocycles. The van der Waals surface area contributed by atoms with Crippen LogP contribution in [0.4, 0.5) is 0 Å². The summed E-state index contributed by atoms with van der Waals surface area (Å²) >= 11 is 0. The fraction of sp³-hybridized carbons (Fsp3) is 0.700. The maximum atomic E-state index is 10.9. The average Bonchev–Trinajstić information content (AvgIpc) is 2.53. The number of unbranched alkanes of at least 4 members (excludes halogenated alkanes) is 1. The molecule has 0 aromatic heterocycles. The van der Waals surface area contributed by atoms with Gasteiger partial charge in [0, 0.05) is 23.2 Å². The molecule has 0 heterocycles. The summed E-state index contributed by atoms with van der Waals surface area (Å²) in [5, 5.41) is 15.0. The van der Waals surface area contributed by atoms with Crippen LogP contribution in [0.25, 0.3) is 0 Å². The Bertz CT molecular complexity index is 451. The average molecular weight is 371 g/mol. The third-order valence-electron chi connectivity index (χ3n) is 3.16. The molecule has 0 aliphatic heterocycles. The zero-order chi connectivity index (χ0) is 20.6. The highest BCUT2D eigenvalue weighted by molar-refractivity contribution is 5.87. The number of carboxylic acids is 1. The standard InChI is InChI=1S/2C10H19NO2/c1-8(9(12)13)6-5-7-11-10(2,3)4;1-4-5-6-11-7-8-13-10(12)9(2)3/h6,11H,5,7H2,1-4H3,(H,12,13);11H,2,4-8H2,1,3H3. The van der Waals surface area contributed by atoms with Gasteiger partial charge in [0.25, 0.3) is 0 Å². The summed E-state index contributed by atoms with van der Waals surface area (Å²) in [7, 11) is 0. The van der Waals surface area contributed by atoms with Gasteiger partial charge in [-0.1, -0.05) is 26.0 Å². The van der Waals surface area contributed by atoms with Gasteiger partial charge in [0.05, 0.1) is 0 Å². The molecule has 0 amide bonds. The minimum absolute atomic E-state index is 0.102. The second kappa shape index (κ2) is 15.6. The Kier molecular flexibility index (Phi) is 15.9. The van der Waals surface area contributed by atoms with Gasteiger partial charge in [0.2, 0.25) is 0 Å². The first kappa shape index (κ1) is 26.6. The largest absolute Gasteiger partial charge is 0.478 e. The molecule has 0 aromatic rings. The highest BCUT2D eigenvalue weighted by atomic mass is 16.5. The highest BCUT2D eigenvalue weighted by Crippen LogP contribution is 2.00. The van der Waals surface area contributed by atoms with Crippen LogP contribution in [0.2, 0.25) is 0 Å². The first-order valence-electron chi connectivity index (χ1n) is 9.19. The lowest BCUT2D eigenvalue weighted by atomic mass is 10.1. The second-order valence-corrected chi connectivity index (χ2v) is 7.18. The topological polar surface area (TPSA) is 87.7 Å². The van der Waals surface area contributed by atoms with Gasteiger partial charge in [-0.25, -0.2) is 9.59 Å². The van der Waals surface area contributed by atoms with Crippen LogP contribution < -0.4 is 10.6 Å². The normalized spacial score (nSPS) is 11.4. The smallest absolute Gasteiger partial charge is 0.333 e. The van der Waals surface area contributed by atoms with Crippen LogP contribution in [0.15, 0.2) is 23.8 Å². The van der Waals surface area contributed by atoms with Crippen LogP contribution in [-0.2, 0) is 14.3 Å². The van der Waals surface area contributed by atoms with Crippen LogP contribution in [0.3, 0.4) is 0 Å². The zero-order valence-electron chi connectivity index (χ0n) is 17.4. The SMILES string of the molecule is C=C(C)C(=O)OCCNCCCC.CC(=CCCNC(C)(C)C)C(=O)O. The predicted molar refractivity (Wildman–Crippen MR) is 107 cm³/mol. The van der Waals surface area contributed by atoms with Crippen LogP contribution in [0.5, 0.6) is 0 Å². The number of esters is 1. The fourth-order valence-electron chi connectivity index (χ4n) is 1.59. The summed E-state index contributed by atoms with van der Waals surface area (Å²) in [4.78, 5) is 21.3. The van der Waals surface area contributed by atoms with Crippen molar-refractivity contribution in [2.24, 2.45) is 0 Å². The van der Waals surface area contributed by atoms with Crippen molar-refractivity contribution in [1.29, 1.82) is 0 Å². The van der Waals surface area contributed by atoms with E-state index in [1.165, 1.54) is 6.42 Å². The van der Waals surface area contributed by atoms with E-state index in [9.17, 15) is 9.59 Å². The molecule has 152 valence electrons. The number of ether oxygens (including phenoxy) is 1. The summed E-state index contributed by atoms with van der Waals surface area (Å²) in [6.45, 7) is 18.1. The van der Waals surface area contributed by atoms with E-state index in [0.717, 1.165) is 32.5 Å². The molecule has 0 saturated carbocycles. The van der Waals surface area contributed by atoms with Gasteiger partial charge in [-0.15, -0.1) is 0 Å². The summed E-state index contributed by atoms with van der Waals surface area (Å²) in [5.74, 6) is -1.15. The molecule has 0 aliphatic rings. The Morgan fingerprint density at radius 3 is 2.23 bits per heavy atom. The van der Waals surface area contributed by atoms with E-state index in [4.69, 9.17) is 9.84 Å². The molecule has 0 rings (SSSR count). The molecule has 0 atom stereocenters. The summed E-state index contributed by atoms with van der Waals surface area (Å²) in [6, 6.07) is 0. The zero-order valence-corrected chi connectivity index (χ0v) is 17.4. The molecular weight excluding hydrogens is 332 g/mol. The number of carboxylic acid groups (broad SMARTS) is 1. The summed E-state index contributed by atoms with van der Waals surface area (Å²) in [5.41, 5.74) is 0.967. The fourth-order valence-corrected chi connectivity index (χ4v) is 1.59. The molecule has 0 radical (unpaired) electrons. The van der Waals surface area contributed by atoms with Crippen molar-refractivity contribution >= 4 is 11.9 Å². The minimum atomic E-state index is -0.837. The van der Waals surface area contributed by atoms with Gasteiger partial charge in [0.1, 0.15) is 6.61 Å². The molecule has 6 nitrogen and oxygen atoms in total. The Balaban J connectivity index is 0. The predicted octanol–water partition coefficient (Wildman–Crippen LogP) is 3.29. The Morgan fingerprint density at radius 2 is 1.77 bits per heavy atom. The summed E-state index contributed by atoms with van der Waals surface area (Å²) in [6.07, 6.45) is 4.84. The quantitative estimate of drug-likeness (QED) is 0.294. The van der Waals surface area contributed by atoms with Gasteiger partial charge >= 0.3 is 11.9 Å². The number of hydrogen-bond acceptors (Lipinski definition) is 5. The number of carbonyl (C=O) groups excluding carboxylic acids is 1. The van der Waals surface area contributed by atoms with E-state index in [1.54, 1.807) is 19.9 Å². The van der Waals surface area contributed by atoms with Crippen molar-refractivity contribution in [3.63, 3.8) is 0 Å². The van der Waals surface area contributed by atoms with Gasteiger partial charge in [-0.05, 0) is 60.5 Å². The Morgan fingerprint density at radius 1 is 1.15 bits per heavy atom. The molecule has 0 saturated heterocycles. The highest BCUT2D eigenvalue weighted by Gasteiger charge is 2.06. The van der Waals surface area contributed by atoms with Crippen molar-refractivity contribution in [3.05, 3.63) is 23.8 Å². The molecule has 3 N–H and O–H groups in total. The molecule has 6 heteroatoms. The molecule has 0 bridgehead atoms. The third kappa shape index (κ3) is 20.4. The number of hydrogen-bond donors (Lipinski definition) is 3. The van der Waals surface area contributed by atoms with E-state index in [2.05, 4.69) is 44.9 Å². The third-order valence-corrected chi connectivity index (χ3v) is 3.16. The monoisotopic (exact) mass is 370 g/mol. The van der Waals surface area contributed by atoms with Gasteiger partial charge < -0.3 is 20.5 Å². The van der Waals surface area contributed by atoms with E-state index in [-0.39, 0.29) is 11.5 Å². The van der Waals surface area contributed by atoms with Gasteiger partial charge in [0.15, 0.2) is 0 Å². The number of rotatable bonds is 11. The van der Waals surface area contributed by atoms with Crippen LogP contribution >= 0.6 is 0 Å². The second-order valence-electron chi connectivity index (χ2n) is 7.18. The minimum Gasteiger partial charge on any atom is -0.478 e. The van der Waals surface area contributed by atoms with Crippen LogP contribution in [0, 0.1) is 0 Å². The molecular formula is C20H38N2O4. The van der Waals surface area contributed by atoms with Crippen LogP contribution in [-0.4, -0.2) is 48.8 Å². The number of aliphatic carboxylic acids is 1. The van der Waals surface area contributed by atoms with E-state index in [1.807, 2.05) is 0 Å². The first-order chi connectivity index (χ1) is 12.0. The van der Waals surface area contributed by atoms with Crippen molar-refractivity contribution in [2.75, 3.05) is 26.2 Å². The van der Waals surface area contributed by atoms with E-state index >= 15 is 0 Å². The molecule has 0 aromatic carbocycles. The Hall–Kier alpha value is -1.66. The van der Waals surface area contributed by atoms with Crippen molar-refractivity contribution in [1.82, 2.24) is 10.6 Å². The van der Waals surface area contributed by atoms with Gasteiger partial charge in [-0.3, -0.25) is 0 Å². The lowest BCUT2D eigenvalue weighted by Crippen LogP contribution is -2.36. The van der Waals surface area contributed by atoms with E-state index < -0.39 is 5.97 Å². The summed E-state index contributed by atoms with van der Waals surface area (Å²) < 4.78 is 4.88. The molecule has 0 spiro atoms.